The number of halogens is 1. The number of ether oxygens (including phenoxy) is 1. The van der Waals surface area contributed by atoms with Crippen LogP contribution >= 0.6 is 15.9 Å². The Morgan fingerprint density at radius 3 is 2.74 bits per heavy atom. The lowest BCUT2D eigenvalue weighted by Crippen LogP contribution is -2.48. The molecule has 1 aromatic carbocycles. The van der Waals surface area contributed by atoms with E-state index in [4.69, 9.17) is 10.5 Å². The van der Waals surface area contributed by atoms with Gasteiger partial charge in [-0.25, -0.2) is 0 Å². The van der Waals surface area contributed by atoms with Crippen molar-refractivity contribution in [2.24, 2.45) is 5.73 Å². The van der Waals surface area contributed by atoms with Gasteiger partial charge in [0, 0.05) is 36.2 Å². The molecule has 1 heterocycles. The second-order valence-corrected chi connectivity index (χ2v) is 5.39. The fourth-order valence-electron chi connectivity index (χ4n) is 2.39. The monoisotopic (exact) mass is 327 g/mol. The summed E-state index contributed by atoms with van der Waals surface area (Å²) in [6.07, 6.45) is 0. The van der Waals surface area contributed by atoms with E-state index in [1.54, 1.807) is 7.11 Å². The third-order valence-corrected chi connectivity index (χ3v) is 3.77. The van der Waals surface area contributed by atoms with E-state index < -0.39 is 6.04 Å². The second-order valence-electron chi connectivity index (χ2n) is 4.48. The van der Waals surface area contributed by atoms with Crippen molar-refractivity contribution < 1.29 is 9.53 Å². The first-order valence-electron chi connectivity index (χ1n) is 6.21. The zero-order chi connectivity index (χ0) is 13.8. The van der Waals surface area contributed by atoms with Crippen LogP contribution in [0.3, 0.4) is 0 Å². The van der Waals surface area contributed by atoms with Crippen molar-refractivity contribution in [2.75, 3.05) is 33.3 Å². The maximum Gasteiger partial charge on any atom is 0.239 e. The summed E-state index contributed by atoms with van der Waals surface area (Å²) in [6, 6.07) is 5.18. The lowest BCUT2D eigenvalue weighted by atomic mass is 10.0. The van der Waals surface area contributed by atoms with Crippen LogP contribution in [0.25, 0.3) is 0 Å². The molecule has 5 nitrogen and oxygen atoms in total. The minimum absolute atomic E-state index is 0.349. The average Bonchev–Trinajstić information content (AvgIpc) is 2.40. The summed E-state index contributed by atoms with van der Waals surface area (Å²) in [5, 5.41) is 3.27. The molecule has 1 aliphatic heterocycles. The molecular weight excluding hydrogens is 310 g/mol. The lowest BCUT2D eigenvalue weighted by molar-refractivity contribution is -0.123. The number of carbonyl (C=O) groups excluding carboxylic acids is 1. The first-order chi connectivity index (χ1) is 9.13. The fourth-order valence-corrected chi connectivity index (χ4v) is 2.77. The van der Waals surface area contributed by atoms with Crippen LogP contribution in [0.2, 0.25) is 0 Å². The van der Waals surface area contributed by atoms with E-state index >= 15 is 0 Å². The number of nitrogens with one attached hydrogen (secondary N) is 1. The van der Waals surface area contributed by atoms with Gasteiger partial charge < -0.3 is 15.8 Å². The number of nitrogens with zero attached hydrogens (tertiary/aromatic N) is 1. The number of piperazine rings is 1. The highest BCUT2D eigenvalue weighted by atomic mass is 79.9. The van der Waals surface area contributed by atoms with Gasteiger partial charge in [-0.15, -0.1) is 0 Å². The van der Waals surface area contributed by atoms with Gasteiger partial charge in [-0.05, 0) is 18.2 Å². The van der Waals surface area contributed by atoms with Gasteiger partial charge in [0.1, 0.15) is 11.8 Å². The lowest BCUT2D eigenvalue weighted by Gasteiger charge is -2.33. The molecule has 0 bridgehead atoms. The van der Waals surface area contributed by atoms with E-state index in [0.717, 1.165) is 36.2 Å². The minimum atomic E-state index is -0.449. The van der Waals surface area contributed by atoms with Gasteiger partial charge in [0.15, 0.2) is 0 Å². The van der Waals surface area contributed by atoms with Crippen LogP contribution in [-0.2, 0) is 4.79 Å². The molecule has 1 unspecified atom stereocenters. The number of amides is 1. The highest BCUT2D eigenvalue weighted by Gasteiger charge is 2.29. The highest BCUT2D eigenvalue weighted by Crippen LogP contribution is 2.32. The van der Waals surface area contributed by atoms with Gasteiger partial charge in [-0.1, -0.05) is 15.9 Å². The minimum Gasteiger partial charge on any atom is -0.496 e. The molecule has 19 heavy (non-hydrogen) atoms. The van der Waals surface area contributed by atoms with E-state index in [1.165, 1.54) is 0 Å². The number of carbonyl (C=O) groups is 1. The number of rotatable bonds is 4. The number of primary amides is 1. The summed E-state index contributed by atoms with van der Waals surface area (Å²) >= 11 is 3.43. The standard InChI is InChI=1S/C13H18BrN3O2/c1-19-11-3-2-9(14)8-10(11)12(13(15)18)17-6-4-16-5-7-17/h2-3,8,12,16H,4-7H2,1H3,(H2,15,18). The predicted octanol–water partition coefficient (Wildman–Crippen LogP) is 0.889. The Bertz CT molecular complexity index is 461. The average molecular weight is 328 g/mol. The van der Waals surface area contributed by atoms with Gasteiger partial charge in [0.2, 0.25) is 5.91 Å². The van der Waals surface area contributed by atoms with Crippen LogP contribution in [0.5, 0.6) is 5.75 Å². The molecule has 1 fully saturated rings. The van der Waals surface area contributed by atoms with Gasteiger partial charge in [-0.3, -0.25) is 9.69 Å². The Balaban J connectivity index is 2.37. The third-order valence-electron chi connectivity index (χ3n) is 3.27. The molecule has 0 aromatic heterocycles. The highest BCUT2D eigenvalue weighted by molar-refractivity contribution is 9.10. The largest absolute Gasteiger partial charge is 0.496 e. The third kappa shape index (κ3) is 3.26. The summed E-state index contributed by atoms with van der Waals surface area (Å²) in [5.74, 6) is 0.337. The Morgan fingerprint density at radius 1 is 1.47 bits per heavy atom. The van der Waals surface area contributed by atoms with E-state index in [1.807, 2.05) is 18.2 Å². The number of hydrogen-bond acceptors (Lipinski definition) is 4. The second kappa shape index (κ2) is 6.36. The van der Waals surface area contributed by atoms with E-state index in [-0.39, 0.29) is 5.91 Å². The number of methoxy groups -OCH3 is 1. The molecule has 2 rings (SSSR count). The summed E-state index contributed by atoms with van der Waals surface area (Å²) in [6.45, 7) is 3.31. The molecule has 1 aromatic rings. The van der Waals surface area contributed by atoms with Crippen molar-refractivity contribution in [3.63, 3.8) is 0 Å². The quantitative estimate of drug-likeness (QED) is 0.861. The number of benzene rings is 1. The molecule has 0 radical (unpaired) electrons. The smallest absolute Gasteiger partial charge is 0.239 e. The molecule has 1 amide bonds. The molecule has 3 N–H and O–H groups in total. The van der Waals surface area contributed by atoms with Crippen molar-refractivity contribution in [1.82, 2.24) is 10.2 Å². The zero-order valence-corrected chi connectivity index (χ0v) is 12.4. The van der Waals surface area contributed by atoms with Crippen LogP contribution in [0, 0.1) is 0 Å². The van der Waals surface area contributed by atoms with E-state index in [2.05, 4.69) is 26.1 Å². The molecule has 6 heteroatoms. The van der Waals surface area contributed by atoms with Crippen molar-refractivity contribution in [3.8, 4) is 5.75 Å². The Kier molecular flexibility index (Phi) is 4.79. The van der Waals surface area contributed by atoms with Crippen molar-refractivity contribution in [3.05, 3.63) is 28.2 Å². The Hall–Kier alpha value is -1.11. The molecular formula is C13H18BrN3O2. The van der Waals surface area contributed by atoms with Crippen molar-refractivity contribution in [1.29, 1.82) is 0 Å². The van der Waals surface area contributed by atoms with Crippen LogP contribution in [0.4, 0.5) is 0 Å². The van der Waals surface area contributed by atoms with E-state index in [0.29, 0.717) is 5.75 Å². The maximum atomic E-state index is 11.9. The Morgan fingerprint density at radius 2 is 2.16 bits per heavy atom. The van der Waals surface area contributed by atoms with Crippen molar-refractivity contribution >= 4 is 21.8 Å². The number of nitrogens with two attached hydrogens (primary N) is 1. The fraction of sp³-hybridized carbons (Fsp3) is 0.462. The topological polar surface area (TPSA) is 67.6 Å². The summed E-state index contributed by atoms with van der Waals surface area (Å²) in [4.78, 5) is 14.0. The van der Waals surface area contributed by atoms with Gasteiger partial charge >= 0.3 is 0 Å². The molecule has 1 aliphatic rings. The summed E-state index contributed by atoms with van der Waals surface area (Å²) in [7, 11) is 1.60. The molecule has 0 saturated carbocycles. The van der Waals surface area contributed by atoms with Gasteiger partial charge in [-0.2, -0.15) is 0 Å². The molecule has 0 aliphatic carbocycles. The Labute approximate surface area is 121 Å². The zero-order valence-electron chi connectivity index (χ0n) is 10.9. The molecule has 1 atom stereocenters. The number of hydrogen-bond donors (Lipinski definition) is 2. The van der Waals surface area contributed by atoms with Gasteiger partial charge in [0.05, 0.1) is 7.11 Å². The SMILES string of the molecule is COc1ccc(Br)cc1C(C(N)=O)N1CCNCC1. The van der Waals surface area contributed by atoms with Crippen molar-refractivity contribution in [2.45, 2.75) is 6.04 Å². The first-order valence-corrected chi connectivity index (χ1v) is 7.00. The van der Waals surface area contributed by atoms with Crippen LogP contribution in [0.15, 0.2) is 22.7 Å². The maximum absolute atomic E-state index is 11.9. The first kappa shape index (κ1) is 14.3. The predicted molar refractivity (Wildman–Crippen MR) is 77.1 cm³/mol. The molecule has 0 spiro atoms. The summed E-state index contributed by atoms with van der Waals surface area (Å²) in [5.41, 5.74) is 6.41. The van der Waals surface area contributed by atoms with Crippen LogP contribution < -0.4 is 15.8 Å². The van der Waals surface area contributed by atoms with E-state index in [9.17, 15) is 4.79 Å². The summed E-state index contributed by atoms with van der Waals surface area (Å²) < 4.78 is 6.26. The molecule has 104 valence electrons. The molecule has 1 saturated heterocycles. The van der Waals surface area contributed by atoms with Crippen LogP contribution in [-0.4, -0.2) is 44.1 Å². The van der Waals surface area contributed by atoms with Gasteiger partial charge in [0.25, 0.3) is 0 Å². The normalized spacial score (nSPS) is 18.0. The van der Waals surface area contributed by atoms with Crippen LogP contribution in [0.1, 0.15) is 11.6 Å².